The Morgan fingerprint density at radius 2 is 1.84 bits per heavy atom. The maximum atomic E-state index is 9.04. The van der Waals surface area contributed by atoms with Crippen molar-refractivity contribution in [3.8, 4) is 11.3 Å². The van der Waals surface area contributed by atoms with Crippen molar-refractivity contribution in [3.05, 3.63) is 65.2 Å². The van der Waals surface area contributed by atoms with Crippen LogP contribution >= 0.6 is 11.6 Å². The highest BCUT2D eigenvalue weighted by Crippen LogP contribution is 2.30. The van der Waals surface area contributed by atoms with E-state index >= 15 is 0 Å². The fourth-order valence-electron chi connectivity index (χ4n) is 2.43. The molecule has 0 saturated carbocycles. The van der Waals surface area contributed by atoms with Gasteiger partial charge in [0.2, 0.25) is 5.95 Å². The number of aliphatic hydroxyl groups is 1. The Morgan fingerprint density at radius 1 is 1.04 bits per heavy atom. The van der Waals surface area contributed by atoms with Crippen LogP contribution in [0.2, 0.25) is 5.02 Å². The maximum absolute atomic E-state index is 9.04. The summed E-state index contributed by atoms with van der Waals surface area (Å²) in [7, 11) is 0. The third-order valence-corrected chi connectivity index (χ3v) is 3.98. The van der Waals surface area contributed by atoms with Gasteiger partial charge in [-0.05, 0) is 18.6 Å². The van der Waals surface area contributed by atoms with E-state index in [-0.39, 0.29) is 6.61 Å². The van der Waals surface area contributed by atoms with Crippen molar-refractivity contribution in [2.75, 3.05) is 23.8 Å². The summed E-state index contributed by atoms with van der Waals surface area (Å²) in [6, 6.07) is 17.5. The van der Waals surface area contributed by atoms with Crippen LogP contribution in [-0.4, -0.2) is 28.2 Å². The topological polar surface area (TPSA) is 70.1 Å². The fraction of sp³-hybridized carbons (Fsp3) is 0.158. The zero-order chi connectivity index (χ0) is 17.6. The Labute approximate surface area is 151 Å². The van der Waals surface area contributed by atoms with Crippen LogP contribution in [0.1, 0.15) is 5.56 Å². The lowest BCUT2D eigenvalue weighted by Crippen LogP contribution is -2.10. The van der Waals surface area contributed by atoms with Crippen molar-refractivity contribution < 1.29 is 5.11 Å². The first-order chi connectivity index (χ1) is 12.2. The Balaban J connectivity index is 2.00. The first-order valence-corrected chi connectivity index (χ1v) is 8.36. The standard InChI is InChI=1S/C19H19ClN4O/c1-13-6-5-9-15(20)18(13)23-17-12-16(14-7-3-2-4-8-14)22-19(24-17)21-10-11-25/h2-9,12,25H,10-11H2,1H3,(H2,21,22,23,24). The summed E-state index contributed by atoms with van der Waals surface area (Å²) in [5.41, 5.74) is 3.60. The van der Waals surface area contributed by atoms with Crippen LogP contribution in [0, 0.1) is 6.92 Å². The summed E-state index contributed by atoms with van der Waals surface area (Å²) in [6.07, 6.45) is 0. The van der Waals surface area contributed by atoms with Crippen LogP contribution < -0.4 is 10.6 Å². The highest BCUT2D eigenvalue weighted by Gasteiger charge is 2.10. The van der Waals surface area contributed by atoms with E-state index in [0.29, 0.717) is 23.3 Å². The number of anilines is 3. The second-order valence-corrected chi connectivity index (χ2v) is 5.94. The highest BCUT2D eigenvalue weighted by atomic mass is 35.5. The van der Waals surface area contributed by atoms with Gasteiger partial charge in [-0.1, -0.05) is 54.1 Å². The molecule has 1 aromatic heterocycles. The second-order valence-electron chi connectivity index (χ2n) is 5.54. The molecule has 0 unspecified atom stereocenters. The number of hydrogen-bond acceptors (Lipinski definition) is 5. The molecule has 0 bridgehead atoms. The minimum Gasteiger partial charge on any atom is -0.395 e. The molecule has 1 heterocycles. The lowest BCUT2D eigenvalue weighted by molar-refractivity contribution is 0.311. The third kappa shape index (κ3) is 4.26. The summed E-state index contributed by atoms with van der Waals surface area (Å²) in [6.45, 7) is 2.37. The smallest absolute Gasteiger partial charge is 0.225 e. The number of rotatable bonds is 6. The molecule has 3 N–H and O–H groups in total. The van der Waals surface area contributed by atoms with E-state index in [0.717, 1.165) is 22.5 Å². The van der Waals surface area contributed by atoms with E-state index in [9.17, 15) is 0 Å². The van der Waals surface area contributed by atoms with Crippen LogP contribution in [-0.2, 0) is 0 Å². The van der Waals surface area contributed by atoms with Gasteiger partial charge in [0.1, 0.15) is 5.82 Å². The zero-order valence-corrected chi connectivity index (χ0v) is 14.6. The molecular weight excluding hydrogens is 336 g/mol. The van der Waals surface area contributed by atoms with Gasteiger partial charge in [-0.25, -0.2) is 4.98 Å². The molecule has 6 heteroatoms. The number of aromatic nitrogens is 2. The molecule has 0 aliphatic carbocycles. The monoisotopic (exact) mass is 354 g/mol. The van der Waals surface area contributed by atoms with Crippen molar-refractivity contribution in [1.29, 1.82) is 0 Å². The van der Waals surface area contributed by atoms with E-state index in [1.54, 1.807) is 0 Å². The molecule has 128 valence electrons. The number of aryl methyl sites for hydroxylation is 1. The molecule has 0 radical (unpaired) electrons. The molecule has 3 aromatic rings. The van der Waals surface area contributed by atoms with E-state index in [1.807, 2.05) is 61.5 Å². The van der Waals surface area contributed by atoms with Crippen LogP contribution in [0.3, 0.4) is 0 Å². The Morgan fingerprint density at radius 3 is 2.56 bits per heavy atom. The average molecular weight is 355 g/mol. The van der Waals surface area contributed by atoms with E-state index < -0.39 is 0 Å². The molecule has 0 fully saturated rings. The number of hydrogen-bond donors (Lipinski definition) is 3. The summed E-state index contributed by atoms with van der Waals surface area (Å²) in [4.78, 5) is 8.99. The SMILES string of the molecule is Cc1cccc(Cl)c1Nc1cc(-c2ccccc2)nc(NCCO)n1. The molecule has 0 amide bonds. The Hall–Kier alpha value is -2.63. The van der Waals surface area contributed by atoms with Crippen LogP contribution in [0.15, 0.2) is 54.6 Å². The average Bonchev–Trinajstić information content (AvgIpc) is 2.64. The first kappa shape index (κ1) is 17.2. The molecule has 3 rings (SSSR count). The fourth-order valence-corrected chi connectivity index (χ4v) is 2.70. The Bertz CT molecular complexity index is 835. The van der Waals surface area contributed by atoms with Crippen molar-refractivity contribution in [3.63, 3.8) is 0 Å². The molecule has 5 nitrogen and oxygen atoms in total. The van der Waals surface area contributed by atoms with Crippen molar-refractivity contribution in [2.45, 2.75) is 6.92 Å². The van der Waals surface area contributed by atoms with Gasteiger partial charge in [-0.15, -0.1) is 0 Å². The molecule has 0 atom stereocenters. The summed E-state index contributed by atoms with van der Waals surface area (Å²) in [5, 5.41) is 16.0. The van der Waals surface area contributed by atoms with Crippen LogP contribution in [0.25, 0.3) is 11.3 Å². The normalized spacial score (nSPS) is 10.5. The maximum Gasteiger partial charge on any atom is 0.225 e. The van der Waals surface area contributed by atoms with Crippen LogP contribution in [0.4, 0.5) is 17.5 Å². The minimum atomic E-state index is 0.00527. The second kappa shape index (κ2) is 7.96. The largest absolute Gasteiger partial charge is 0.395 e. The highest BCUT2D eigenvalue weighted by molar-refractivity contribution is 6.33. The zero-order valence-electron chi connectivity index (χ0n) is 13.8. The molecule has 0 saturated heterocycles. The predicted molar refractivity (Wildman–Crippen MR) is 103 cm³/mol. The molecular formula is C19H19ClN4O. The number of nitrogens with one attached hydrogen (secondary N) is 2. The minimum absolute atomic E-state index is 0.00527. The van der Waals surface area contributed by atoms with Crippen molar-refractivity contribution >= 4 is 29.1 Å². The number of aliphatic hydroxyl groups excluding tert-OH is 1. The van der Waals surface area contributed by atoms with Gasteiger partial charge in [0, 0.05) is 18.2 Å². The Kier molecular flexibility index (Phi) is 5.48. The number of benzene rings is 2. The number of para-hydroxylation sites is 1. The summed E-state index contributed by atoms with van der Waals surface area (Å²) >= 11 is 6.31. The van der Waals surface area contributed by atoms with Gasteiger partial charge in [-0.3, -0.25) is 0 Å². The van der Waals surface area contributed by atoms with Gasteiger partial charge >= 0.3 is 0 Å². The molecule has 0 spiro atoms. The van der Waals surface area contributed by atoms with Crippen molar-refractivity contribution in [2.24, 2.45) is 0 Å². The molecule has 25 heavy (non-hydrogen) atoms. The van der Waals surface area contributed by atoms with Gasteiger partial charge in [0.25, 0.3) is 0 Å². The van der Waals surface area contributed by atoms with Gasteiger partial charge < -0.3 is 15.7 Å². The van der Waals surface area contributed by atoms with E-state index in [2.05, 4.69) is 20.6 Å². The molecule has 2 aromatic carbocycles. The quantitative estimate of drug-likeness (QED) is 0.617. The molecule has 0 aliphatic rings. The molecule has 0 aliphatic heterocycles. The third-order valence-electron chi connectivity index (χ3n) is 3.67. The number of halogens is 1. The van der Waals surface area contributed by atoms with Crippen molar-refractivity contribution in [1.82, 2.24) is 9.97 Å². The first-order valence-electron chi connectivity index (χ1n) is 7.99. The summed E-state index contributed by atoms with van der Waals surface area (Å²) in [5.74, 6) is 1.08. The van der Waals surface area contributed by atoms with Gasteiger partial charge in [-0.2, -0.15) is 4.98 Å². The number of nitrogens with zero attached hydrogens (tertiary/aromatic N) is 2. The lowest BCUT2D eigenvalue weighted by Gasteiger charge is -2.13. The predicted octanol–water partition coefficient (Wildman–Crippen LogP) is 4.25. The van der Waals surface area contributed by atoms with Gasteiger partial charge in [0.15, 0.2) is 0 Å². The lowest BCUT2D eigenvalue weighted by atomic mass is 10.1. The van der Waals surface area contributed by atoms with Gasteiger partial charge in [0.05, 0.1) is 23.0 Å². The van der Waals surface area contributed by atoms with E-state index in [4.69, 9.17) is 16.7 Å². The van der Waals surface area contributed by atoms with E-state index in [1.165, 1.54) is 0 Å². The van der Waals surface area contributed by atoms with Crippen LogP contribution in [0.5, 0.6) is 0 Å². The summed E-state index contributed by atoms with van der Waals surface area (Å²) < 4.78 is 0.